The molecule has 3 heterocycles. The van der Waals surface area contributed by atoms with Gasteiger partial charge < -0.3 is 15.1 Å². The number of carbonyl (C=O) groups excluding carboxylic acids is 1. The van der Waals surface area contributed by atoms with Gasteiger partial charge in [-0.25, -0.2) is 4.68 Å². The van der Waals surface area contributed by atoms with Crippen molar-refractivity contribution >= 4 is 17.4 Å². The Morgan fingerprint density at radius 3 is 2.32 bits per heavy atom. The van der Waals surface area contributed by atoms with E-state index >= 15 is 0 Å². The normalized spacial score (nSPS) is 20.6. The van der Waals surface area contributed by atoms with Crippen molar-refractivity contribution in [2.24, 2.45) is 0 Å². The lowest BCUT2D eigenvalue weighted by Crippen LogP contribution is -2.49. The first kappa shape index (κ1) is 22.3. The van der Waals surface area contributed by atoms with Gasteiger partial charge in [0.25, 0.3) is 5.91 Å². The molecule has 2 atom stereocenters. The predicted octanol–water partition coefficient (Wildman–Crippen LogP) is 4.81. The highest BCUT2D eigenvalue weighted by molar-refractivity contribution is 5.93. The van der Waals surface area contributed by atoms with Gasteiger partial charge in [-0.05, 0) is 24.6 Å². The number of carbonyl (C=O) groups is 1. The van der Waals surface area contributed by atoms with E-state index in [-0.39, 0.29) is 23.8 Å². The Balaban J connectivity index is 1.35. The van der Waals surface area contributed by atoms with Crippen LogP contribution < -0.4 is 10.2 Å². The summed E-state index contributed by atoms with van der Waals surface area (Å²) in [6.45, 7) is 4.21. The number of rotatable bonds is 3. The third-order valence-corrected chi connectivity index (χ3v) is 6.58. The Bertz CT molecular complexity index is 1150. The molecular weight excluding hydrogens is 443 g/mol. The molecule has 0 bridgehead atoms. The molecule has 5 rings (SSSR count). The van der Waals surface area contributed by atoms with Gasteiger partial charge in [0.2, 0.25) is 0 Å². The van der Waals surface area contributed by atoms with Crippen molar-refractivity contribution in [1.29, 1.82) is 0 Å². The Hall–Kier alpha value is -3.49. The van der Waals surface area contributed by atoms with Crippen LogP contribution in [0.3, 0.4) is 0 Å². The van der Waals surface area contributed by atoms with Crippen molar-refractivity contribution in [3.05, 3.63) is 77.5 Å². The molecule has 3 aromatic rings. The number of amides is 1. The number of nitrogens with one attached hydrogen (secondary N) is 1. The lowest BCUT2D eigenvalue weighted by molar-refractivity contribution is -0.173. The van der Waals surface area contributed by atoms with Crippen molar-refractivity contribution < 1.29 is 18.0 Å². The molecule has 6 nitrogen and oxygen atoms in total. The van der Waals surface area contributed by atoms with Crippen LogP contribution >= 0.6 is 0 Å². The second-order valence-electron chi connectivity index (χ2n) is 8.87. The number of fused-ring (bicyclic) bond motifs is 1. The molecular formula is C25H26F3N5O. The van der Waals surface area contributed by atoms with Crippen molar-refractivity contribution in [2.75, 3.05) is 36.4 Å². The van der Waals surface area contributed by atoms with Crippen molar-refractivity contribution in [3.8, 4) is 0 Å². The van der Waals surface area contributed by atoms with Gasteiger partial charge in [0.15, 0.2) is 11.7 Å². The highest BCUT2D eigenvalue weighted by atomic mass is 19.4. The quantitative estimate of drug-likeness (QED) is 0.598. The molecule has 1 N–H and O–H groups in total. The highest BCUT2D eigenvalue weighted by Crippen LogP contribution is 2.43. The minimum atomic E-state index is -4.48. The standard InChI is InChI=1S/C25H26F3N5O/c1-17-7-9-18(10-8-17)20-15-22(25(26,27)28)33-23(29-20)16-21(30-33)24(34)32-13-11-31(12-14-32)19-5-3-2-4-6-19/h2-10,16,20,22,29H,11-15H2,1H3/t20-,22-/m1/s1. The molecule has 0 unspecified atom stereocenters. The summed E-state index contributed by atoms with van der Waals surface area (Å²) in [5.74, 6) is -0.130. The van der Waals surface area contributed by atoms with Gasteiger partial charge in [0, 0.05) is 44.4 Å². The third kappa shape index (κ3) is 4.34. The second kappa shape index (κ2) is 8.70. The van der Waals surface area contributed by atoms with Crippen LogP contribution in [-0.2, 0) is 0 Å². The number of halogens is 3. The molecule has 1 fully saturated rings. The van der Waals surface area contributed by atoms with Gasteiger partial charge in [0.1, 0.15) is 5.82 Å². The summed E-state index contributed by atoms with van der Waals surface area (Å²) in [7, 11) is 0. The number of hydrogen-bond acceptors (Lipinski definition) is 4. The number of aryl methyl sites for hydroxylation is 1. The highest BCUT2D eigenvalue weighted by Gasteiger charge is 2.47. The van der Waals surface area contributed by atoms with E-state index in [1.165, 1.54) is 6.07 Å². The van der Waals surface area contributed by atoms with Crippen LogP contribution in [0, 0.1) is 6.92 Å². The summed E-state index contributed by atoms with van der Waals surface area (Å²) in [6.07, 6.45) is -4.67. The van der Waals surface area contributed by atoms with Crippen LogP contribution in [0.1, 0.15) is 40.1 Å². The van der Waals surface area contributed by atoms with Gasteiger partial charge in [0.05, 0.1) is 6.04 Å². The van der Waals surface area contributed by atoms with E-state index in [2.05, 4.69) is 15.3 Å². The summed E-state index contributed by atoms with van der Waals surface area (Å²) in [5.41, 5.74) is 2.94. The number of benzene rings is 2. The number of hydrogen-bond donors (Lipinski definition) is 1. The van der Waals surface area contributed by atoms with Crippen LogP contribution in [-0.4, -0.2) is 52.9 Å². The maximum Gasteiger partial charge on any atom is 0.410 e. The molecule has 0 aliphatic carbocycles. The van der Waals surface area contributed by atoms with Gasteiger partial charge in [-0.2, -0.15) is 18.3 Å². The smallest absolute Gasteiger partial charge is 0.368 e. The molecule has 9 heteroatoms. The molecule has 2 aliphatic heterocycles. The molecule has 0 radical (unpaired) electrons. The largest absolute Gasteiger partial charge is 0.410 e. The third-order valence-electron chi connectivity index (χ3n) is 6.58. The molecule has 2 aliphatic rings. The average molecular weight is 470 g/mol. The van der Waals surface area contributed by atoms with Crippen LogP contribution in [0.5, 0.6) is 0 Å². The van der Waals surface area contributed by atoms with E-state index in [4.69, 9.17) is 0 Å². The Morgan fingerprint density at radius 1 is 1.00 bits per heavy atom. The van der Waals surface area contributed by atoms with E-state index < -0.39 is 18.3 Å². The number of aromatic nitrogens is 2. The number of alkyl halides is 3. The zero-order valence-corrected chi connectivity index (χ0v) is 18.8. The molecule has 34 heavy (non-hydrogen) atoms. The van der Waals surface area contributed by atoms with Gasteiger partial charge in [-0.15, -0.1) is 0 Å². The van der Waals surface area contributed by atoms with E-state index in [9.17, 15) is 18.0 Å². The first-order chi connectivity index (χ1) is 16.3. The Morgan fingerprint density at radius 2 is 1.68 bits per heavy atom. The lowest BCUT2D eigenvalue weighted by Gasteiger charge is -2.35. The van der Waals surface area contributed by atoms with Crippen LogP contribution in [0.4, 0.5) is 24.7 Å². The summed E-state index contributed by atoms with van der Waals surface area (Å²) in [6, 6.07) is 16.5. The number of nitrogens with zero attached hydrogens (tertiary/aromatic N) is 4. The van der Waals surface area contributed by atoms with E-state index in [0.29, 0.717) is 26.2 Å². The van der Waals surface area contributed by atoms with Gasteiger partial charge >= 0.3 is 6.18 Å². The fourth-order valence-electron chi connectivity index (χ4n) is 4.66. The first-order valence-electron chi connectivity index (χ1n) is 11.4. The Labute approximate surface area is 196 Å². The monoisotopic (exact) mass is 469 g/mol. The Kier molecular flexibility index (Phi) is 5.71. The molecule has 0 saturated carbocycles. The molecule has 0 spiro atoms. The fraction of sp³-hybridized carbons (Fsp3) is 0.360. The zero-order chi connectivity index (χ0) is 23.9. The van der Waals surface area contributed by atoms with Gasteiger partial charge in [-0.1, -0.05) is 48.0 Å². The zero-order valence-electron chi connectivity index (χ0n) is 18.8. The minimum Gasteiger partial charge on any atom is -0.368 e. The van der Waals surface area contributed by atoms with E-state index in [0.717, 1.165) is 21.5 Å². The fourth-order valence-corrected chi connectivity index (χ4v) is 4.66. The molecule has 1 saturated heterocycles. The lowest BCUT2D eigenvalue weighted by atomic mass is 9.96. The molecule has 178 valence electrons. The summed E-state index contributed by atoms with van der Waals surface area (Å²) < 4.78 is 42.8. The predicted molar refractivity (Wildman–Crippen MR) is 124 cm³/mol. The SMILES string of the molecule is Cc1ccc([C@H]2C[C@H](C(F)(F)F)n3nc(C(=O)N4CCN(c5ccccc5)CC4)cc3N2)cc1. The van der Waals surface area contributed by atoms with Crippen LogP contribution in [0.2, 0.25) is 0 Å². The maximum absolute atomic E-state index is 14.0. The number of para-hydroxylation sites is 1. The molecule has 1 amide bonds. The second-order valence-corrected chi connectivity index (χ2v) is 8.87. The van der Waals surface area contributed by atoms with Crippen molar-refractivity contribution in [1.82, 2.24) is 14.7 Å². The average Bonchev–Trinajstić information content (AvgIpc) is 3.27. The minimum absolute atomic E-state index is 0.0365. The summed E-state index contributed by atoms with van der Waals surface area (Å²) >= 11 is 0. The topological polar surface area (TPSA) is 53.4 Å². The van der Waals surface area contributed by atoms with Crippen molar-refractivity contribution in [3.63, 3.8) is 0 Å². The maximum atomic E-state index is 14.0. The summed E-state index contributed by atoms with van der Waals surface area (Å²) in [5, 5.41) is 7.29. The van der Waals surface area contributed by atoms with Crippen LogP contribution in [0.15, 0.2) is 60.7 Å². The van der Waals surface area contributed by atoms with Crippen LogP contribution in [0.25, 0.3) is 0 Å². The summed E-state index contributed by atoms with van der Waals surface area (Å²) in [4.78, 5) is 17.0. The van der Waals surface area contributed by atoms with Crippen molar-refractivity contribution in [2.45, 2.75) is 31.6 Å². The number of piperazine rings is 1. The molecule has 1 aromatic heterocycles. The number of anilines is 2. The molecule has 2 aromatic carbocycles. The van der Waals surface area contributed by atoms with E-state index in [1.807, 2.05) is 61.5 Å². The first-order valence-corrected chi connectivity index (χ1v) is 11.4. The van der Waals surface area contributed by atoms with Gasteiger partial charge in [-0.3, -0.25) is 4.79 Å². The van der Waals surface area contributed by atoms with E-state index in [1.54, 1.807) is 4.90 Å².